The van der Waals surface area contributed by atoms with Gasteiger partial charge in [-0.1, -0.05) is 12.1 Å². The Bertz CT molecular complexity index is 557. The first-order valence-electron chi connectivity index (χ1n) is 5.90. The Morgan fingerprint density at radius 1 is 1.17 bits per heavy atom. The van der Waals surface area contributed by atoms with E-state index in [4.69, 9.17) is 9.47 Å². The van der Waals surface area contributed by atoms with E-state index >= 15 is 0 Å². The number of hydrogen-bond acceptors (Lipinski definition) is 4. The van der Waals surface area contributed by atoms with Crippen LogP contribution in [-0.2, 0) is 0 Å². The lowest BCUT2D eigenvalue weighted by Crippen LogP contribution is -2.21. The van der Waals surface area contributed by atoms with Crippen LogP contribution in [0, 0.1) is 0 Å². The minimum Gasteiger partial charge on any atom is -0.480 e. The number of ether oxygens (including phenoxy) is 2. The average molecular weight is 242 g/mol. The van der Waals surface area contributed by atoms with Crippen LogP contribution >= 0.6 is 0 Å². The zero-order chi connectivity index (χ0) is 12.4. The number of para-hydroxylation sites is 2. The Morgan fingerprint density at radius 3 is 2.83 bits per heavy atom. The van der Waals surface area contributed by atoms with Gasteiger partial charge >= 0.3 is 0 Å². The number of nitrogens with one attached hydrogen (secondary N) is 1. The van der Waals surface area contributed by atoms with Gasteiger partial charge in [-0.05, 0) is 25.2 Å². The van der Waals surface area contributed by atoms with Crippen molar-refractivity contribution < 1.29 is 9.47 Å². The Hall–Kier alpha value is -2.07. The second-order valence-corrected chi connectivity index (χ2v) is 4.13. The molecule has 0 fully saturated rings. The van der Waals surface area contributed by atoms with E-state index in [0.717, 1.165) is 22.8 Å². The fraction of sp³-hybridized carbons (Fsp3) is 0.214. The van der Waals surface area contributed by atoms with E-state index in [9.17, 15) is 0 Å². The van der Waals surface area contributed by atoms with Gasteiger partial charge in [-0.15, -0.1) is 0 Å². The smallest absolute Gasteiger partial charge is 0.169 e. The number of fused-ring (bicyclic) bond motifs is 2. The summed E-state index contributed by atoms with van der Waals surface area (Å²) in [6, 6.07) is 9.61. The molecule has 0 saturated carbocycles. The molecule has 0 amide bonds. The third-order valence-corrected chi connectivity index (χ3v) is 2.89. The molecule has 2 aromatic rings. The van der Waals surface area contributed by atoms with Crippen LogP contribution in [0.25, 0.3) is 0 Å². The van der Waals surface area contributed by atoms with Gasteiger partial charge in [-0.2, -0.15) is 0 Å². The number of benzene rings is 1. The highest BCUT2D eigenvalue weighted by molar-refractivity contribution is 5.47. The lowest BCUT2D eigenvalue weighted by molar-refractivity contribution is 0.207. The zero-order valence-electron chi connectivity index (χ0n) is 10.1. The van der Waals surface area contributed by atoms with Gasteiger partial charge in [0.25, 0.3) is 0 Å². The van der Waals surface area contributed by atoms with Crippen molar-refractivity contribution in [3.63, 3.8) is 0 Å². The lowest BCUT2D eigenvalue weighted by atomic mass is 10.1. The normalized spacial score (nSPS) is 16.8. The molecular formula is C14H14N2O2. The Labute approximate surface area is 106 Å². The highest BCUT2D eigenvalue weighted by atomic mass is 16.5. The summed E-state index contributed by atoms with van der Waals surface area (Å²) in [5.74, 6) is 2.24. The van der Waals surface area contributed by atoms with Crippen molar-refractivity contribution in [2.24, 2.45) is 0 Å². The minimum atomic E-state index is -0.0725. The topological polar surface area (TPSA) is 43.4 Å². The maximum atomic E-state index is 6.01. The predicted molar refractivity (Wildman–Crippen MR) is 68.0 cm³/mol. The molecular weight excluding hydrogens is 228 g/mol. The van der Waals surface area contributed by atoms with E-state index in [2.05, 4.69) is 10.3 Å². The summed E-state index contributed by atoms with van der Waals surface area (Å²) < 4.78 is 11.9. The SMILES string of the molecule is CNC[C@@H]1Oc2ccccc2Oc2cnccc21. The molecule has 3 rings (SSSR count). The van der Waals surface area contributed by atoms with E-state index in [-0.39, 0.29) is 6.10 Å². The van der Waals surface area contributed by atoms with Crippen LogP contribution in [-0.4, -0.2) is 18.6 Å². The van der Waals surface area contributed by atoms with Gasteiger partial charge in [0, 0.05) is 18.3 Å². The monoisotopic (exact) mass is 242 g/mol. The van der Waals surface area contributed by atoms with Crippen molar-refractivity contribution in [1.29, 1.82) is 0 Å². The molecule has 1 aliphatic rings. The zero-order valence-corrected chi connectivity index (χ0v) is 10.1. The molecule has 18 heavy (non-hydrogen) atoms. The first kappa shape index (κ1) is 11.0. The molecule has 2 heterocycles. The molecule has 1 atom stereocenters. The van der Waals surface area contributed by atoms with Crippen LogP contribution in [0.15, 0.2) is 42.7 Å². The second kappa shape index (κ2) is 4.66. The highest BCUT2D eigenvalue weighted by Gasteiger charge is 2.23. The van der Waals surface area contributed by atoms with Crippen LogP contribution < -0.4 is 14.8 Å². The molecule has 0 aliphatic carbocycles. The largest absolute Gasteiger partial charge is 0.480 e. The quantitative estimate of drug-likeness (QED) is 0.878. The maximum absolute atomic E-state index is 6.01. The molecule has 1 N–H and O–H groups in total. The molecule has 92 valence electrons. The van der Waals surface area contributed by atoms with Gasteiger partial charge in [-0.3, -0.25) is 4.98 Å². The van der Waals surface area contributed by atoms with Gasteiger partial charge in [0.05, 0.1) is 6.20 Å². The molecule has 0 bridgehead atoms. The number of pyridine rings is 1. The Kier molecular flexibility index (Phi) is 2.86. The summed E-state index contributed by atoms with van der Waals surface area (Å²) in [5, 5.41) is 3.14. The summed E-state index contributed by atoms with van der Waals surface area (Å²) in [5.41, 5.74) is 1.01. The summed E-state index contributed by atoms with van der Waals surface area (Å²) >= 11 is 0. The standard InChI is InChI=1S/C14H14N2O2/c1-15-8-13-10-6-7-16-9-14(10)18-12-5-3-2-4-11(12)17-13/h2-7,9,13,15H,8H2,1H3/t13-/m0/s1. The molecule has 0 spiro atoms. The first-order chi connectivity index (χ1) is 8.88. The fourth-order valence-corrected chi connectivity index (χ4v) is 2.05. The van der Waals surface area contributed by atoms with Crippen molar-refractivity contribution >= 4 is 0 Å². The van der Waals surface area contributed by atoms with Crippen molar-refractivity contribution in [2.45, 2.75) is 6.10 Å². The van der Waals surface area contributed by atoms with Gasteiger partial charge in [-0.25, -0.2) is 0 Å². The summed E-state index contributed by atoms with van der Waals surface area (Å²) in [6.45, 7) is 0.717. The summed E-state index contributed by atoms with van der Waals surface area (Å²) in [4.78, 5) is 4.11. The van der Waals surface area contributed by atoms with Crippen molar-refractivity contribution in [2.75, 3.05) is 13.6 Å². The number of nitrogens with zero attached hydrogens (tertiary/aromatic N) is 1. The highest BCUT2D eigenvalue weighted by Crippen LogP contribution is 2.40. The Morgan fingerprint density at radius 2 is 2.00 bits per heavy atom. The lowest BCUT2D eigenvalue weighted by Gasteiger charge is -2.17. The van der Waals surface area contributed by atoms with Crippen molar-refractivity contribution in [1.82, 2.24) is 10.3 Å². The predicted octanol–water partition coefficient (Wildman–Crippen LogP) is 2.53. The van der Waals surface area contributed by atoms with Crippen molar-refractivity contribution in [3.8, 4) is 17.2 Å². The van der Waals surface area contributed by atoms with Crippen LogP contribution in [0.3, 0.4) is 0 Å². The van der Waals surface area contributed by atoms with Crippen molar-refractivity contribution in [3.05, 3.63) is 48.3 Å². The average Bonchev–Trinajstić information content (AvgIpc) is 2.56. The molecule has 1 aromatic heterocycles. The van der Waals surface area contributed by atoms with Crippen LogP contribution in [0.2, 0.25) is 0 Å². The van der Waals surface area contributed by atoms with Gasteiger partial charge in [0.15, 0.2) is 17.2 Å². The van der Waals surface area contributed by atoms with Gasteiger partial charge < -0.3 is 14.8 Å². The number of aromatic nitrogens is 1. The third-order valence-electron chi connectivity index (χ3n) is 2.89. The fourth-order valence-electron chi connectivity index (χ4n) is 2.05. The molecule has 0 radical (unpaired) electrons. The van der Waals surface area contributed by atoms with Gasteiger partial charge in [0.2, 0.25) is 0 Å². The van der Waals surface area contributed by atoms with E-state index in [0.29, 0.717) is 6.54 Å². The van der Waals surface area contributed by atoms with Gasteiger partial charge in [0.1, 0.15) is 6.10 Å². The molecule has 1 aromatic carbocycles. The third kappa shape index (κ3) is 1.91. The first-order valence-corrected chi connectivity index (χ1v) is 5.90. The Balaban J connectivity index is 2.08. The number of likely N-dealkylation sites (N-methyl/N-ethyl adjacent to an activating group) is 1. The number of hydrogen-bond donors (Lipinski definition) is 1. The van der Waals surface area contributed by atoms with E-state index in [1.54, 1.807) is 12.4 Å². The summed E-state index contributed by atoms with van der Waals surface area (Å²) in [7, 11) is 1.90. The molecule has 4 nitrogen and oxygen atoms in total. The molecule has 1 aliphatic heterocycles. The van der Waals surface area contributed by atoms with Crippen LogP contribution in [0.4, 0.5) is 0 Å². The van der Waals surface area contributed by atoms with Crippen LogP contribution in [0.1, 0.15) is 11.7 Å². The minimum absolute atomic E-state index is 0.0725. The number of rotatable bonds is 2. The van der Waals surface area contributed by atoms with E-state index in [1.807, 2.05) is 37.4 Å². The maximum Gasteiger partial charge on any atom is 0.169 e. The second-order valence-electron chi connectivity index (χ2n) is 4.13. The molecule has 0 unspecified atom stereocenters. The summed E-state index contributed by atoms with van der Waals surface area (Å²) in [6.07, 6.45) is 3.41. The van der Waals surface area contributed by atoms with E-state index in [1.165, 1.54) is 0 Å². The molecule has 0 saturated heterocycles. The van der Waals surface area contributed by atoms with E-state index < -0.39 is 0 Å². The van der Waals surface area contributed by atoms with Crippen LogP contribution in [0.5, 0.6) is 17.2 Å². The molecule has 4 heteroatoms.